The molecular weight excluding hydrogens is 252 g/mol. The Labute approximate surface area is 120 Å². The molecule has 2 N–H and O–H groups in total. The molecule has 5 heteroatoms. The van der Waals surface area contributed by atoms with Crippen molar-refractivity contribution in [1.29, 1.82) is 0 Å². The van der Waals surface area contributed by atoms with Crippen molar-refractivity contribution in [1.82, 2.24) is 15.2 Å². The second-order valence-electron chi connectivity index (χ2n) is 5.35. The van der Waals surface area contributed by atoms with E-state index in [1.165, 1.54) is 6.42 Å². The molecule has 20 heavy (non-hydrogen) atoms. The second kappa shape index (κ2) is 7.24. The maximum absolute atomic E-state index is 12.0. The number of carbonyl (C=O) groups excluding carboxylic acids is 1. The lowest BCUT2D eigenvalue weighted by atomic mass is 10.2. The first-order chi connectivity index (χ1) is 9.70. The van der Waals surface area contributed by atoms with Crippen LogP contribution in [-0.4, -0.2) is 48.5 Å². The first-order valence-corrected chi connectivity index (χ1v) is 7.39. The third-order valence-corrected chi connectivity index (χ3v) is 3.75. The Balaban J connectivity index is 1.82. The summed E-state index contributed by atoms with van der Waals surface area (Å²) < 4.78 is 0. The number of likely N-dealkylation sites (N-methyl/N-ethyl adjacent to an activating group) is 1. The Kier molecular flexibility index (Phi) is 5.35. The van der Waals surface area contributed by atoms with Crippen molar-refractivity contribution in [2.24, 2.45) is 0 Å². The third-order valence-electron chi connectivity index (χ3n) is 3.75. The van der Waals surface area contributed by atoms with Crippen LogP contribution < -0.4 is 10.6 Å². The van der Waals surface area contributed by atoms with Gasteiger partial charge in [0.15, 0.2) is 0 Å². The Morgan fingerprint density at radius 2 is 2.35 bits per heavy atom. The van der Waals surface area contributed by atoms with Gasteiger partial charge in [0.1, 0.15) is 5.82 Å². The SMILES string of the molecule is CCCNc1ccc(C(=O)NCC2CCCN2C)cn1. The van der Waals surface area contributed by atoms with E-state index in [2.05, 4.69) is 34.5 Å². The van der Waals surface area contributed by atoms with Gasteiger partial charge in [-0.3, -0.25) is 4.79 Å². The standard InChI is InChI=1S/C15H24N4O/c1-3-8-16-14-7-6-12(10-17-14)15(20)18-11-13-5-4-9-19(13)2/h6-7,10,13H,3-5,8-9,11H2,1-2H3,(H,16,17)(H,18,20). The first-order valence-electron chi connectivity index (χ1n) is 7.39. The van der Waals surface area contributed by atoms with Gasteiger partial charge in [0.25, 0.3) is 5.91 Å². The number of nitrogens with one attached hydrogen (secondary N) is 2. The summed E-state index contributed by atoms with van der Waals surface area (Å²) in [6.07, 6.45) is 5.07. The van der Waals surface area contributed by atoms with Crippen LogP contribution in [0.4, 0.5) is 5.82 Å². The van der Waals surface area contributed by atoms with E-state index in [-0.39, 0.29) is 5.91 Å². The molecule has 1 aromatic rings. The Morgan fingerprint density at radius 1 is 1.50 bits per heavy atom. The molecular formula is C15H24N4O. The minimum absolute atomic E-state index is 0.0418. The number of nitrogens with zero attached hydrogens (tertiary/aromatic N) is 2. The van der Waals surface area contributed by atoms with Gasteiger partial charge in [0, 0.05) is 25.3 Å². The molecule has 5 nitrogen and oxygen atoms in total. The Morgan fingerprint density at radius 3 is 2.95 bits per heavy atom. The molecule has 0 aliphatic carbocycles. The fraction of sp³-hybridized carbons (Fsp3) is 0.600. The first kappa shape index (κ1) is 14.8. The van der Waals surface area contributed by atoms with Gasteiger partial charge in [-0.15, -0.1) is 0 Å². The molecule has 0 saturated carbocycles. The lowest BCUT2D eigenvalue weighted by molar-refractivity contribution is 0.0943. The van der Waals surface area contributed by atoms with Gasteiger partial charge in [-0.05, 0) is 45.0 Å². The monoisotopic (exact) mass is 276 g/mol. The number of carbonyl (C=O) groups is 1. The van der Waals surface area contributed by atoms with Crippen molar-refractivity contribution in [3.63, 3.8) is 0 Å². The summed E-state index contributed by atoms with van der Waals surface area (Å²) in [5, 5.41) is 6.19. The van der Waals surface area contributed by atoms with E-state index in [1.54, 1.807) is 6.20 Å². The Bertz CT molecular complexity index is 432. The van der Waals surface area contributed by atoms with Gasteiger partial charge >= 0.3 is 0 Å². The highest BCUT2D eigenvalue weighted by Crippen LogP contribution is 2.13. The predicted octanol–water partition coefficient (Wildman–Crippen LogP) is 1.73. The summed E-state index contributed by atoms with van der Waals surface area (Å²) in [6.45, 7) is 4.84. The van der Waals surface area contributed by atoms with E-state index in [1.807, 2.05) is 12.1 Å². The smallest absolute Gasteiger partial charge is 0.252 e. The third kappa shape index (κ3) is 3.93. The van der Waals surface area contributed by atoms with Gasteiger partial charge < -0.3 is 15.5 Å². The summed E-state index contributed by atoms with van der Waals surface area (Å²) in [5.74, 6) is 0.777. The number of aromatic nitrogens is 1. The number of rotatable bonds is 6. The molecule has 2 heterocycles. The van der Waals surface area contributed by atoms with Crippen LogP contribution in [0, 0.1) is 0 Å². The highest BCUT2D eigenvalue weighted by Gasteiger charge is 2.21. The number of likely N-dealkylation sites (tertiary alicyclic amines) is 1. The van der Waals surface area contributed by atoms with Crippen LogP contribution in [-0.2, 0) is 0 Å². The number of pyridine rings is 1. The van der Waals surface area contributed by atoms with Crippen molar-refractivity contribution in [2.75, 3.05) is 32.0 Å². The van der Waals surface area contributed by atoms with E-state index in [9.17, 15) is 4.79 Å². The number of hydrogen-bond donors (Lipinski definition) is 2. The number of amides is 1. The van der Waals surface area contributed by atoms with E-state index in [0.29, 0.717) is 18.2 Å². The van der Waals surface area contributed by atoms with Crippen molar-refractivity contribution >= 4 is 11.7 Å². The lowest BCUT2D eigenvalue weighted by Crippen LogP contribution is -2.38. The van der Waals surface area contributed by atoms with Crippen LogP contribution in [0.1, 0.15) is 36.5 Å². The van der Waals surface area contributed by atoms with Crippen LogP contribution in [0.5, 0.6) is 0 Å². The zero-order valence-electron chi connectivity index (χ0n) is 12.4. The number of hydrogen-bond acceptors (Lipinski definition) is 4. The van der Waals surface area contributed by atoms with Crippen molar-refractivity contribution in [2.45, 2.75) is 32.2 Å². The summed E-state index contributed by atoms with van der Waals surface area (Å²) >= 11 is 0. The van der Waals surface area contributed by atoms with Gasteiger partial charge in [0.05, 0.1) is 5.56 Å². The van der Waals surface area contributed by atoms with Gasteiger partial charge in [0.2, 0.25) is 0 Å². The van der Waals surface area contributed by atoms with Crippen LogP contribution in [0.25, 0.3) is 0 Å². The molecule has 1 saturated heterocycles. The predicted molar refractivity (Wildman–Crippen MR) is 81.0 cm³/mol. The highest BCUT2D eigenvalue weighted by molar-refractivity contribution is 5.94. The maximum Gasteiger partial charge on any atom is 0.252 e. The molecule has 2 rings (SSSR count). The molecule has 1 atom stereocenters. The lowest BCUT2D eigenvalue weighted by Gasteiger charge is -2.19. The molecule has 110 valence electrons. The van der Waals surface area contributed by atoms with E-state index >= 15 is 0 Å². The van der Waals surface area contributed by atoms with Crippen molar-refractivity contribution in [3.05, 3.63) is 23.9 Å². The Hall–Kier alpha value is -1.62. The fourth-order valence-electron chi connectivity index (χ4n) is 2.44. The van der Waals surface area contributed by atoms with Gasteiger partial charge in [-0.2, -0.15) is 0 Å². The molecule has 1 unspecified atom stereocenters. The van der Waals surface area contributed by atoms with Gasteiger partial charge in [-0.25, -0.2) is 4.98 Å². The summed E-state index contributed by atoms with van der Waals surface area (Å²) in [7, 11) is 2.11. The minimum Gasteiger partial charge on any atom is -0.370 e. The summed E-state index contributed by atoms with van der Waals surface area (Å²) in [6, 6.07) is 4.14. The quantitative estimate of drug-likeness (QED) is 0.831. The van der Waals surface area contributed by atoms with Gasteiger partial charge in [-0.1, -0.05) is 6.92 Å². The highest BCUT2D eigenvalue weighted by atomic mass is 16.1. The van der Waals surface area contributed by atoms with Crippen LogP contribution >= 0.6 is 0 Å². The normalized spacial score (nSPS) is 19.0. The molecule has 0 bridgehead atoms. The minimum atomic E-state index is -0.0418. The van der Waals surface area contributed by atoms with E-state index in [0.717, 1.165) is 31.7 Å². The molecule has 0 aromatic carbocycles. The second-order valence-corrected chi connectivity index (χ2v) is 5.35. The largest absolute Gasteiger partial charge is 0.370 e. The topological polar surface area (TPSA) is 57.3 Å². The average Bonchev–Trinajstić information content (AvgIpc) is 2.88. The molecule has 1 amide bonds. The molecule has 1 aliphatic heterocycles. The van der Waals surface area contributed by atoms with Crippen LogP contribution in [0.2, 0.25) is 0 Å². The maximum atomic E-state index is 12.0. The fourth-order valence-corrected chi connectivity index (χ4v) is 2.44. The number of anilines is 1. The summed E-state index contributed by atoms with van der Waals surface area (Å²) in [5.41, 5.74) is 0.618. The van der Waals surface area contributed by atoms with Crippen LogP contribution in [0.3, 0.4) is 0 Å². The van der Waals surface area contributed by atoms with Crippen molar-refractivity contribution < 1.29 is 4.79 Å². The molecule has 0 radical (unpaired) electrons. The van der Waals surface area contributed by atoms with E-state index in [4.69, 9.17) is 0 Å². The van der Waals surface area contributed by atoms with Crippen LogP contribution in [0.15, 0.2) is 18.3 Å². The molecule has 0 spiro atoms. The average molecular weight is 276 g/mol. The van der Waals surface area contributed by atoms with Crippen molar-refractivity contribution in [3.8, 4) is 0 Å². The van der Waals surface area contributed by atoms with E-state index < -0.39 is 0 Å². The zero-order chi connectivity index (χ0) is 14.4. The zero-order valence-corrected chi connectivity index (χ0v) is 12.4. The molecule has 1 fully saturated rings. The molecule has 1 aromatic heterocycles. The molecule has 1 aliphatic rings. The summed E-state index contributed by atoms with van der Waals surface area (Å²) in [4.78, 5) is 18.6.